The van der Waals surface area contributed by atoms with Gasteiger partial charge in [0.25, 0.3) is 0 Å². The molecule has 144 valence electrons. The lowest BCUT2D eigenvalue weighted by molar-refractivity contribution is -0.142. The molecule has 1 aromatic carbocycles. The molecular formula is C15H17ClN6O5. The molecule has 0 saturated carbocycles. The Kier molecular flexibility index (Phi) is 7.06. The van der Waals surface area contributed by atoms with E-state index < -0.39 is 23.8 Å². The highest BCUT2D eigenvalue weighted by Crippen LogP contribution is 2.23. The third-order valence-corrected chi connectivity index (χ3v) is 3.72. The number of carboxylic acids is 1. The van der Waals surface area contributed by atoms with Crippen LogP contribution in [0, 0.1) is 0 Å². The molecule has 2 amide bonds. The van der Waals surface area contributed by atoms with Crippen LogP contribution in [0.25, 0.3) is 0 Å². The second-order valence-electron chi connectivity index (χ2n) is 5.44. The fraction of sp³-hybridized carbons (Fsp3) is 0.333. The molecule has 4 N–H and O–H groups in total. The number of ether oxygens (including phenoxy) is 1. The first-order valence-corrected chi connectivity index (χ1v) is 8.17. The number of primary amides is 1. The van der Waals surface area contributed by atoms with Crippen LogP contribution in [-0.4, -0.2) is 49.1 Å². The predicted octanol–water partition coefficient (Wildman–Crippen LogP) is -0.260. The lowest BCUT2D eigenvalue weighted by Gasteiger charge is -2.14. The summed E-state index contributed by atoms with van der Waals surface area (Å²) in [6, 6.07) is 5.57. The number of benzene rings is 1. The summed E-state index contributed by atoms with van der Waals surface area (Å²) < 4.78 is 6.68. The molecule has 0 bridgehead atoms. The maximum atomic E-state index is 12.1. The van der Waals surface area contributed by atoms with Crippen molar-refractivity contribution in [2.45, 2.75) is 32.0 Å². The number of hydrogen-bond donors (Lipinski definition) is 3. The van der Waals surface area contributed by atoms with E-state index in [0.717, 1.165) is 0 Å². The van der Waals surface area contributed by atoms with Gasteiger partial charge in [-0.25, -0.2) is 9.48 Å². The topological polar surface area (TPSA) is 162 Å². The first-order chi connectivity index (χ1) is 12.9. The zero-order valence-corrected chi connectivity index (χ0v) is 14.8. The number of rotatable bonds is 10. The average molecular weight is 397 g/mol. The van der Waals surface area contributed by atoms with Gasteiger partial charge in [-0.15, -0.1) is 5.10 Å². The molecule has 12 heteroatoms. The highest BCUT2D eigenvalue weighted by Gasteiger charge is 2.21. The maximum Gasteiger partial charge on any atom is 0.326 e. The molecule has 0 fully saturated rings. The van der Waals surface area contributed by atoms with E-state index in [0.29, 0.717) is 10.8 Å². The Morgan fingerprint density at radius 1 is 1.33 bits per heavy atom. The van der Waals surface area contributed by atoms with Crippen molar-refractivity contribution in [2.75, 3.05) is 0 Å². The highest BCUT2D eigenvalue weighted by atomic mass is 35.5. The average Bonchev–Trinajstić information content (AvgIpc) is 3.04. The van der Waals surface area contributed by atoms with Gasteiger partial charge in [0.05, 0.1) is 5.02 Å². The van der Waals surface area contributed by atoms with E-state index in [1.807, 2.05) is 0 Å². The monoisotopic (exact) mass is 396 g/mol. The number of nitrogens with one attached hydrogen (secondary N) is 1. The molecule has 27 heavy (non-hydrogen) atoms. The van der Waals surface area contributed by atoms with Crippen LogP contribution in [0.1, 0.15) is 18.7 Å². The van der Waals surface area contributed by atoms with Gasteiger partial charge in [-0.1, -0.05) is 23.7 Å². The fourth-order valence-electron chi connectivity index (χ4n) is 2.07. The fourth-order valence-corrected chi connectivity index (χ4v) is 2.26. The van der Waals surface area contributed by atoms with Gasteiger partial charge in [0.1, 0.15) is 24.9 Å². The van der Waals surface area contributed by atoms with Gasteiger partial charge < -0.3 is 20.9 Å². The van der Waals surface area contributed by atoms with Crippen molar-refractivity contribution < 1.29 is 24.2 Å². The number of nitrogens with zero attached hydrogens (tertiary/aromatic N) is 4. The van der Waals surface area contributed by atoms with Crippen LogP contribution in [-0.2, 0) is 27.5 Å². The number of halogens is 1. The number of carbonyl (C=O) groups is 3. The summed E-state index contributed by atoms with van der Waals surface area (Å²) >= 11 is 5.99. The van der Waals surface area contributed by atoms with E-state index >= 15 is 0 Å². The standard InChI is InChI=1S/C15H17ClN6O5/c16-9-3-1-2-4-11(9)27-8-13-19-20-21-22(13)7-14(24)18-10(15(25)26)5-6-12(17)23/h1-4,10H,5-8H2,(H2,17,23)(H,18,24)(H,25,26). The van der Waals surface area contributed by atoms with Crippen molar-refractivity contribution in [3.05, 3.63) is 35.1 Å². The normalized spacial score (nSPS) is 11.6. The number of amides is 2. The van der Waals surface area contributed by atoms with Gasteiger partial charge >= 0.3 is 5.97 Å². The number of hydrogen-bond acceptors (Lipinski definition) is 7. The van der Waals surface area contributed by atoms with Crippen LogP contribution in [0.15, 0.2) is 24.3 Å². The predicted molar refractivity (Wildman–Crippen MR) is 91.6 cm³/mol. The summed E-state index contributed by atoms with van der Waals surface area (Å²) in [4.78, 5) is 34.0. The summed E-state index contributed by atoms with van der Waals surface area (Å²) in [5.41, 5.74) is 4.99. The molecule has 1 heterocycles. The molecule has 11 nitrogen and oxygen atoms in total. The van der Waals surface area contributed by atoms with Gasteiger partial charge in [-0.05, 0) is 29.0 Å². The van der Waals surface area contributed by atoms with E-state index in [9.17, 15) is 14.4 Å². The van der Waals surface area contributed by atoms with E-state index in [4.69, 9.17) is 27.2 Å². The first-order valence-electron chi connectivity index (χ1n) is 7.79. The summed E-state index contributed by atoms with van der Waals surface area (Å²) in [5.74, 6) is -1.90. The third kappa shape index (κ3) is 6.22. The summed E-state index contributed by atoms with van der Waals surface area (Å²) in [6.45, 7) is -0.372. The maximum absolute atomic E-state index is 12.1. The van der Waals surface area contributed by atoms with Crippen molar-refractivity contribution in [3.63, 3.8) is 0 Å². The molecule has 2 aromatic rings. The number of tetrazole rings is 1. The Labute approximate surface area is 158 Å². The van der Waals surface area contributed by atoms with Crippen LogP contribution in [0.4, 0.5) is 0 Å². The highest BCUT2D eigenvalue weighted by molar-refractivity contribution is 6.32. The molecule has 0 spiro atoms. The van der Waals surface area contributed by atoms with Gasteiger partial charge in [-0.3, -0.25) is 9.59 Å². The second kappa shape index (κ2) is 9.48. The summed E-state index contributed by atoms with van der Waals surface area (Å²) in [6.07, 6.45) is -0.284. The molecule has 1 aromatic heterocycles. The number of aliphatic carboxylic acids is 1. The van der Waals surface area contributed by atoms with Crippen molar-refractivity contribution in [3.8, 4) is 5.75 Å². The zero-order valence-electron chi connectivity index (χ0n) is 14.0. The Balaban J connectivity index is 1.94. The van der Waals surface area contributed by atoms with Crippen LogP contribution in [0.5, 0.6) is 5.75 Å². The van der Waals surface area contributed by atoms with Gasteiger partial charge in [0.15, 0.2) is 5.82 Å². The van der Waals surface area contributed by atoms with Crippen LogP contribution >= 0.6 is 11.6 Å². The Hall–Kier alpha value is -3.21. The van der Waals surface area contributed by atoms with Gasteiger partial charge in [-0.2, -0.15) is 0 Å². The largest absolute Gasteiger partial charge is 0.484 e. The molecule has 0 aliphatic heterocycles. The molecule has 0 aliphatic carbocycles. The van der Waals surface area contributed by atoms with Gasteiger partial charge in [0, 0.05) is 6.42 Å². The van der Waals surface area contributed by atoms with Gasteiger partial charge in [0.2, 0.25) is 11.8 Å². The number of para-hydroxylation sites is 1. The lowest BCUT2D eigenvalue weighted by atomic mass is 10.1. The summed E-state index contributed by atoms with van der Waals surface area (Å²) in [5, 5.41) is 22.7. The number of nitrogens with two attached hydrogens (primary N) is 1. The van der Waals surface area contributed by atoms with Crippen LogP contribution in [0.2, 0.25) is 5.02 Å². The number of carboxylic acid groups (broad SMARTS) is 1. The van der Waals surface area contributed by atoms with Crippen molar-refractivity contribution in [1.82, 2.24) is 25.5 Å². The first kappa shape index (κ1) is 20.1. The number of carbonyl (C=O) groups excluding carboxylic acids is 2. The minimum atomic E-state index is -1.27. The number of aromatic nitrogens is 4. The Bertz CT molecular complexity index is 827. The van der Waals surface area contributed by atoms with E-state index in [1.54, 1.807) is 24.3 Å². The zero-order chi connectivity index (χ0) is 19.8. The van der Waals surface area contributed by atoms with Crippen LogP contribution in [0.3, 0.4) is 0 Å². The molecule has 0 radical (unpaired) electrons. The summed E-state index contributed by atoms with van der Waals surface area (Å²) in [7, 11) is 0. The molecule has 2 rings (SSSR count). The molecule has 1 atom stereocenters. The minimum absolute atomic E-state index is 0.0476. The smallest absolute Gasteiger partial charge is 0.326 e. The Morgan fingerprint density at radius 3 is 2.74 bits per heavy atom. The molecule has 1 unspecified atom stereocenters. The Morgan fingerprint density at radius 2 is 2.07 bits per heavy atom. The van der Waals surface area contributed by atoms with Crippen LogP contribution < -0.4 is 15.8 Å². The molecule has 0 aliphatic rings. The second-order valence-corrected chi connectivity index (χ2v) is 5.84. The van der Waals surface area contributed by atoms with E-state index in [1.165, 1.54) is 4.68 Å². The molecule has 0 saturated heterocycles. The van der Waals surface area contributed by atoms with Crippen molar-refractivity contribution >= 4 is 29.4 Å². The SMILES string of the molecule is NC(=O)CCC(NC(=O)Cn1nnnc1COc1ccccc1Cl)C(=O)O. The van der Waals surface area contributed by atoms with E-state index in [-0.39, 0.29) is 31.8 Å². The molecular weight excluding hydrogens is 380 g/mol. The lowest BCUT2D eigenvalue weighted by Crippen LogP contribution is -2.43. The van der Waals surface area contributed by atoms with E-state index in [2.05, 4.69) is 20.8 Å². The quantitative estimate of drug-likeness (QED) is 0.494. The van der Waals surface area contributed by atoms with Crippen molar-refractivity contribution in [1.29, 1.82) is 0 Å². The minimum Gasteiger partial charge on any atom is -0.484 e. The third-order valence-electron chi connectivity index (χ3n) is 3.41. The van der Waals surface area contributed by atoms with Crippen molar-refractivity contribution in [2.24, 2.45) is 5.73 Å².